The van der Waals surface area contributed by atoms with E-state index < -0.39 is 11.7 Å². The lowest BCUT2D eigenvalue weighted by Gasteiger charge is -2.41. The van der Waals surface area contributed by atoms with Crippen LogP contribution in [0.2, 0.25) is 0 Å². The number of halogens is 3. The summed E-state index contributed by atoms with van der Waals surface area (Å²) >= 11 is 0. The average molecular weight is 533 g/mol. The number of fused-ring (bicyclic) bond motifs is 1. The van der Waals surface area contributed by atoms with Gasteiger partial charge in [-0.3, -0.25) is 9.59 Å². The van der Waals surface area contributed by atoms with E-state index in [9.17, 15) is 22.8 Å². The summed E-state index contributed by atoms with van der Waals surface area (Å²) in [6.45, 7) is 2.52. The van der Waals surface area contributed by atoms with Crippen LogP contribution >= 0.6 is 0 Å². The molecule has 0 spiro atoms. The van der Waals surface area contributed by atoms with Crippen molar-refractivity contribution < 1.29 is 22.8 Å². The van der Waals surface area contributed by atoms with Crippen LogP contribution in [0, 0.1) is 0 Å². The number of hydrogen-bond acceptors (Lipinski definition) is 3. The highest BCUT2D eigenvalue weighted by Gasteiger charge is 2.35. The Morgan fingerprint density at radius 2 is 1.56 bits per heavy atom. The first-order chi connectivity index (χ1) is 18.8. The number of likely N-dealkylation sites (tertiary alicyclic amines) is 2. The number of H-pyrrole nitrogens is 1. The number of carbonyl (C=O) groups excluding carboxylic acids is 2. The minimum atomic E-state index is -4.41. The van der Waals surface area contributed by atoms with E-state index in [2.05, 4.69) is 10.3 Å². The number of aromatic nitrogens is 1. The van der Waals surface area contributed by atoms with E-state index in [0.717, 1.165) is 23.9 Å². The molecule has 39 heavy (non-hydrogen) atoms. The van der Waals surface area contributed by atoms with E-state index >= 15 is 0 Å². The number of hydrogen-bond donors (Lipinski definition) is 2. The Kier molecular flexibility index (Phi) is 6.38. The molecule has 0 bridgehead atoms. The molecule has 3 heterocycles. The molecule has 1 atom stereocenters. The zero-order chi connectivity index (χ0) is 27.1. The quantitative estimate of drug-likeness (QED) is 0.372. The van der Waals surface area contributed by atoms with Gasteiger partial charge in [0, 0.05) is 72.1 Å². The molecule has 200 valence electrons. The van der Waals surface area contributed by atoms with Crippen LogP contribution in [0.5, 0.6) is 0 Å². The van der Waals surface area contributed by atoms with E-state index in [1.165, 1.54) is 6.07 Å². The van der Waals surface area contributed by atoms with E-state index in [1.807, 2.05) is 35.2 Å². The van der Waals surface area contributed by atoms with Gasteiger partial charge < -0.3 is 20.1 Å². The number of carbonyl (C=O) groups is 2. The monoisotopic (exact) mass is 532 g/mol. The van der Waals surface area contributed by atoms with Crippen molar-refractivity contribution in [3.8, 4) is 11.1 Å². The van der Waals surface area contributed by atoms with E-state index in [0.29, 0.717) is 53.9 Å². The predicted octanol–water partition coefficient (Wildman–Crippen LogP) is 5.18. The maximum atomic E-state index is 13.2. The van der Waals surface area contributed by atoms with Crippen molar-refractivity contribution in [1.29, 1.82) is 0 Å². The predicted molar refractivity (Wildman–Crippen MR) is 142 cm³/mol. The van der Waals surface area contributed by atoms with Crippen LogP contribution < -0.4 is 5.32 Å². The number of aromatic amines is 1. The Hall–Kier alpha value is -4.11. The maximum absolute atomic E-state index is 13.2. The van der Waals surface area contributed by atoms with Gasteiger partial charge in [-0.15, -0.1) is 0 Å². The lowest BCUT2D eigenvalue weighted by atomic mass is 10.0. The smallest absolute Gasteiger partial charge is 0.361 e. The van der Waals surface area contributed by atoms with E-state index in [-0.39, 0.29) is 23.9 Å². The van der Waals surface area contributed by atoms with Crippen molar-refractivity contribution in [2.75, 3.05) is 26.2 Å². The molecule has 2 aliphatic rings. The van der Waals surface area contributed by atoms with Crippen LogP contribution in [0.1, 0.15) is 32.7 Å². The third-order valence-electron chi connectivity index (χ3n) is 7.57. The van der Waals surface area contributed by atoms with Gasteiger partial charge in [-0.2, -0.15) is 13.2 Å². The molecule has 0 aliphatic carbocycles. The minimum absolute atomic E-state index is 0.0428. The fraction of sp³-hybridized carbons (Fsp3) is 0.267. The van der Waals surface area contributed by atoms with Crippen LogP contribution in [-0.4, -0.2) is 64.9 Å². The molecule has 2 N–H and O–H groups in total. The first-order valence-corrected chi connectivity index (χ1v) is 12.9. The summed E-state index contributed by atoms with van der Waals surface area (Å²) in [6, 6.07) is 20.1. The van der Waals surface area contributed by atoms with Crippen molar-refractivity contribution in [1.82, 2.24) is 20.1 Å². The summed E-state index contributed by atoms with van der Waals surface area (Å²) < 4.78 is 39.5. The SMILES string of the molecule is O=C(c1ccccc1)N1CCC(NC2CN(C(=O)c3ccc4c(-c5cccc(C(F)(F)F)c5)c[nH]c4c3)C2)C1. The van der Waals surface area contributed by atoms with Gasteiger partial charge in [0.05, 0.1) is 5.56 Å². The van der Waals surface area contributed by atoms with Crippen LogP contribution in [0.3, 0.4) is 0 Å². The number of amides is 2. The largest absolute Gasteiger partial charge is 0.416 e. The van der Waals surface area contributed by atoms with Crippen molar-refractivity contribution in [2.24, 2.45) is 0 Å². The molecule has 6 rings (SSSR count). The maximum Gasteiger partial charge on any atom is 0.416 e. The molecule has 2 saturated heterocycles. The highest BCUT2D eigenvalue weighted by Crippen LogP contribution is 2.35. The highest BCUT2D eigenvalue weighted by atomic mass is 19.4. The van der Waals surface area contributed by atoms with Gasteiger partial charge in [0.1, 0.15) is 0 Å². The molecule has 2 amide bonds. The first kappa shape index (κ1) is 25.2. The van der Waals surface area contributed by atoms with Gasteiger partial charge in [0.25, 0.3) is 11.8 Å². The van der Waals surface area contributed by atoms with E-state index in [1.54, 1.807) is 35.4 Å². The number of alkyl halides is 3. The summed E-state index contributed by atoms with van der Waals surface area (Å²) in [5.41, 5.74) is 2.33. The Morgan fingerprint density at radius 3 is 2.33 bits per heavy atom. The standard InChI is InChI=1S/C30H27F3N4O2/c31-30(32,33)22-8-4-7-20(13-22)26-15-34-27-14-21(9-10-25(26)27)29(39)37-17-24(18-37)35-23-11-12-36(16-23)28(38)19-5-2-1-3-6-19/h1-10,13-15,23-24,34-35H,11-12,16-18H2. The van der Waals surface area contributed by atoms with Gasteiger partial charge in [-0.25, -0.2) is 0 Å². The molecule has 2 aliphatic heterocycles. The molecule has 4 aromatic rings. The average Bonchev–Trinajstić information content (AvgIpc) is 3.57. The van der Waals surface area contributed by atoms with Crippen molar-refractivity contribution in [2.45, 2.75) is 24.7 Å². The first-order valence-electron chi connectivity index (χ1n) is 12.9. The van der Waals surface area contributed by atoms with Crippen LogP contribution in [0.4, 0.5) is 13.2 Å². The molecular formula is C30H27F3N4O2. The molecule has 3 aromatic carbocycles. The topological polar surface area (TPSA) is 68.4 Å². The second-order valence-electron chi connectivity index (χ2n) is 10.2. The second kappa shape index (κ2) is 9.89. The zero-order valence-electron chi connectivity index (χ0n) is 21.0. The third-order valence-corrected chi connectivity index (χ3v) is 7.57. The molecule has 9 heteroatoms. The summed E-state index contributed by atoms with van der Waals surface area (Å²) in [5, 5.41) is 4.33. The number of nitrogens with zero attached hydrogens (tertiary/aromatic N) is 2. The molecule has 1 aromatic heterocycles. The van der Waals surface area contributed by atoms with Crippen LogP contribution in [0.15, 0.2) is 79.0 Å². The summed E-state index contributed by atoms with van der Waals surface area (Å²) in [5.74, 6) is -0.0429. The molecule has 1 unspecified atom stereocenters. The summed E-state index contributed by atoms with van der Waals surface area (Å²) in [6.07, 6.45) is -1.87. The molecule has 2 fully saturated rings. The second-order valence-corrected chi connectivity index (χ2v) is 10.2. The Bertz CT molecular complexity index is 1530. The number of rotatable bonds is 5. The number of benzene rings is 3. The van der Waals surface area contributed by atoms with Crippen LogP contribution in [-0.2, 0) is 6.18 Å². The molecule has 0 saturated carbocycles. The Labute approximate surface area is 223 Å². The fourth-order valence-electron chi connectivity index (χ4n) is 5.47. The van der Waals surface area contributed by atoms with Crippen molar-refractivity contribution >= 4 is 22.7 Å². The van der Waals surface area contributed by atoms with Crippen LogP contribution in [0.25, 0.3) is 22.0 Å². The summed E-state index contributed by atoms with van der Waals surface area (Å²) in [4.78, 5) is 32.5. The van der Waals surface area contributed by atoms with E-state index in [4.69, 9.17) is 0 Å². The molecule has 6 nitrogen and oxygen atoms in total. The lowest BCUT2D eigenvalue weighted by Crippen LogP contribution is -2.62. The molecule has 0 radical (unpaired) electrons. The minimum Gasteiger partial charge on any atom is -0.361 e. The zero-order valence-corrected chi connectivity index (χ0v) is 21.0. The van der Waals surface area contributed by atoms with Gasteiger partial charge in [-0.05, 0) is 48.4 Å². The fourth-order valence-corrected chi connectivity index (χ4v) is 5.47. The Balaban J connectivity index is 1.06. The summed E-state index contributed by atoms with van der Waals surface area (Å²) in [7, 11) is 0. The van der Waals surface area contributed by atoms with Gasteiger partial charge in [0.2, 0.25) is 0 Å². The third kappa shape index (κ3) is 5.02. The lowest BCUT2D eigenvalue weighted by molar-refractivity contribution is -0.137. The number of nitrogens with one attached hydrogen (secondary N) is 2. The van der Waals surface area contributed by atoms with Gasteiger partial charge in [-0.1, -0.05) is 36.4 Å². The van der Waals surface area contributed by atoms with Gasteiger partial charge >= 0.3 is 6.18 Å². The van der Waals surface area contributed by atoms with Gasteiger partial charge in [0.15, 0.2) is 0 Å². The highest BCUT2D eigenvalue weighted by molar-refractivity contribution is 6.02. The normalized spacial score (nSPS) is 18.0. The Morgan fingerprint density at radius 1 is 0.821 bits per heavy atom. The molecular weight excluding hydrogens is 505 g/mol. The van der Waals surface area contributed by atoms with Crippen molar-refractivity contribution in [3.05, 3.63) is 95.7 Å². The van der Waals surface area contributed by atoms with Crippen molar-refractivity contribution in [3.63, 3.8) is 0 Å².